The molecule has 3 heteroatoms. The molecular formula is C13H16N2S. The van der Waals surface area contributed by atoms with Crippen LogP contribution in [-0.4, -0.2) is 9.97 Å². The number of rotatable bonds is 5. The summed E-state index contributed by atoms with van der Waals surface area (Å²) in [5.41, 5.74) is 2.19. The second-order valence-electron chi connectivity index (χ2n) is 3.82. The molecule has 0 aliphatic carbocycles. The van der Waals surface area contributed by atoms with Gasteiger partial charge in [-0.05, 0) is 25.0 Å². The third-order valence-corrected chi connectivity index (χ3v) is 3.39. The largest absolute Gasteiger partial charge is 0.254 e. The predicted octanol–water partition coefficient (Wildman–Crippen LogP) is 3.94. The van der Waals surface area contributed by atoms with Crippen LogP contribution in [0.5, 0.6) is 0 Å². The molecule has 2 rings (SSSR count). The molecule has 2 aromatic rings. The van der Waals surface area contributed by atoms with E-state index in [0.29, 0.717) is 0 Å². The van der Waals surface area contributed by atoms with Gasteiger partial charge in [0.25, 0.3) is 0 Å². The minimum atomic E-state index is 0.981. The molecule has 0 aromatic carbocycles. The van der Waals surface area contributed by atoms with Crippen LogP contribution < -0.4 is 0 Å². The van der Waals surface area contributed by atoms with Crippen LogP contribution >= 0.6 is 11.3 Å². The van der Waals surface area contributed by atoms with E-state index in [1.807, 2.05) is 24.4 Å². The summed E-state index contributed by atoms with van der Waals surface area (Å²) in [4.78, 5) is 8.92. The zero-order valence-corrected chi connectivity index (χ0v) is 10.3. The van der Waals surface area contributed by atoms with E-state index in [1.165, 1.54) is 25.0 Å². The molecule has 0 spiro atoms. The van der Waals surface area contributed by atoms with Gasteiger partial charge in [-0.25, -0.2) is 4.98 Å². The lowest BCUT2D eigenvalue weighted by atomic mass is 10.2. The Labute approximate surface area is 100 Å². The standard InChI is InChI=1S/C13H16N2S/c1-2-3-4-7-11-10-16-13(15-11)12-8-5-6-9-14-12/h5-6,8-10H,2-4,7H2,1H3. The van der Waals surface area contributed by atoms with E-state index >= 15 is 0 Å². The Bertz CT molecular complexity index is 423. The monoisotopic (exact) mass is 232 g/mol. The molecule has 0 saturated carbocycles. The van der Waals surface area contributed by atoms with Gasteiger partial charge >= 0.3 is 0 Å². The van der Waals surface area contributed by atoms with Gasteiger partial charge < -0.3 is 0 Å². The van der Waals surface area contributed by atoms with Crippen molar-refractivity contribution >= 4 is 11.3 Å². The van der Waals surface area contributed by atoms with Crippen molar-refractivity contribution in [2.75, 3.05) is 0 Å². The third kappa shape index (κ3) is 2.89. The van der Waals surface area contributed by atoms with E-state index in [-0.39, 0.29) is 0 Å². The Hall–Kier alpha value is -1.22. The summed E-state index contributed by atoms with van der Waals surface area (Å²) in [5.74, 6) is 0. The van der Waals surface area contributed by atoms with Gasteiger partial charge in [0, 0.05) is 11.6 Å². The summed E-state index contributed by atoms with van der Waals surface area (Å²) in [6.07, 6.45) is 6.69. The van der Waals surface area contributed by atoms with Crippen molar-refractivity contribution in [3.05, 3.63) is 35.5 Å². The first-order chi connectivity index (χ1) is 7.90. The summed E-state index contributed by atoms with van der Waals surface area (Å²) in [6, 6.07) is 5.94. The van der Waals surface area contributed by atoms with Gasteiger partial charge in [-0.15, -0.1) is 11.3 Å². The molecule has 16 heavy (non-hydrogen) atoms. The minimum absolute atomic E-state index is 0.981. The summed E-state index contributed by atoms with van der Waals surface area (Å²) in [5, 5.41) is 3.19. The molecule has 0 radical (unpaired) electrons. The summed E-state index contributed by atoms with van der Waals surface area (Å²) < 4.78 is 0. The Morgan fingerprint density at radius 2 is 2.19 bits per heavy atom. The fourth-order valence-corrected chi connectivity index (χ4v) is 2.41. The minimum Gasteiger partial charge on any atom is -0.254 e. The number of pyridine rings is 1. The number of hydrogen-bond acceptors (Lipinski definition) is 3. The Morgan fingerprint density at radius 1 is 1.25 bits per heavy atom. The van der Waals surface area contributed by atoms with E-state index in [1.54, 1.807) is 11.3 Å². The smallest absolute Gasteiger partial charge is 0.142 e. The number of aromatic nitrogens is 2. The van der Waals surface area contributed by atoms with Gasteiger partial charge in [0.2, 0.25) is 0 Å². The fourth-order valence-electron chi connectivity index (χ4n) is 1.58. The highest BCUT2D eigenvalue weighted by Gasteiger charge is 2.04. The second-order valence-corrected chi connectivity index (χ2v) is 4.67. The molecule has 84 valence electrons. The van der Waals surface area contributed by atoms with Crippen molar-refractivity contribution in [3.63, 3.8) is 0 Å². The number of unbranched alkanes of at least 4 members (excludes halogenated alkanes) is 2. The van der Waals surface area contributed by atoms with Crippen molar-refractivity contribution in [1.82, 2.24) is 9.97 Å². The lowest BCUT2D eigenvalue weighted by molar-refractivity contribution is 0.710. The molecule has 0 unspecified atom stereocenters. The molecule has 0 fully saturated rings. The number of hydrogen-bond donors (Lipinski definition) is 0. The molecule has 2 aromatic heterocycles. The van der Waals surface area contributed by atoms with Gasteiger partial charge in [0.05, 0.1) is 11.4 Å². The first kappa shape index (κ1) is 11.3. The maximum Gasteiger partial charge on any atom is 0.142 e. The molecule has 0 atom stereocenters. The quantitative estimate of drug-likeness (QED) is 0.730. The maximum absolute atomic E-state index is 4.61. The Balaban J connectivity index is 2.02. The SMILES string of the molecule is CCCCCc1csc(-c2ccccn2)n1. The van der Waals surface area contributed by atoms with E-state index < -0.39 is 0 Å². The normalized spacial score (nSPS) is 10.6. The summed E-state index contributed by atoms with van der Waals surface area (Å²) in [7, 11) is 0. The average molecular weight is 232 g/mol. The molecular weight excluding hydrogens is 216 g/mol. The van der Waals surface area contributed by atoms with Gasteiger partial charge in [0.1, 0.15) is 5.01 Å². The number of thiazole rings is 1. The van der Waals surface area contributed by atoms with Crippen LogP contribution in [0.3, 0.4) is 0 Å². The maximum atomic E-state index is 4.61. The first-order valence-electron chi connectivity index (χ1n) is 5.76. The number of aryl methyl sites for hydroxylation is 1. The second kappa shape index (κ2) is 5.75. The third-order valence-electron chi connectivity index (χ3n) is 2.47. The van der Waals surface area contributed by atoms with Crippen LogP contribution in [0.15, 0.2) is 29.8 Å². The van der Waals surface area contributed by atoms with Crippen molar-refractivity contribution in [2.45, 2.75) is 32.6 Å². The number of nitrogens with zero attached hydrogens (tertiary/aromatic N) is 2. The fraction of sp³-hybridized carbons (Fsp3) is 0.385. The lowest BCUT2D eigenvalue weighted by Gasteiger charge is -1.95. The summed E-state index contributed by atoms with van der Waals surface area (Å²) in [6.45, 7) is 2.22. The topological polar surface area (TPSA) is 25.8 Å². The molecule has 0 amide bonds. The van der Waals surface area contributed by atoms with Crippen LogP contribution in [0.2, 0.25) is 0 Å². The molecule has 0 saturated heterocycles. The van der Waals surface area contributed by atoms with E-state index in [0.717, 1.165) is 17.1 Å². The van der Waals surface area contributed by atoms with Crippen LogP contribution in [0.1, 0.15) is 31.9 Å². The molecule has 2 nitrogen and oxygen atoms in total. The highest BCUT2D eigenvalue weighted by molar-refractivity contribution is 7.13. The highest BCUT2D eigenvalue weighted by atomic mass is 32.1. The zero-order chi connectivity index (χ0) is 11.2. The van der Waals surface area contributed by atoms with Gasteiger partial charge in [-0.1, -0.05) is 25.8 Å². The molecule has 0 bridgehead atoms. The van der Waals surface area contributed by atoms with Crippen molar-refractivity contribution in [1.29, 1.82) is 0 Å². The van der Waals surface area contributed by atoms with Gasteiger partial charge in [0.15, 0.2) is 0 Å². The van der Waals surface area contributed by atoms with E-state index in [9.17, 15) is 0 Å². The van der Waals surface area contributed by atoms with Crippen molar-refractivity contribution in [2.24, 2.45) is 0 Å². The highest BCUT2D eigenvalue weighted by Crippen LogP contribution is 2.22. The van der Waals surface area contributed by atoms with E-state index in [2.05, 4.69) is 22.3 Å². The average Bonchev–Trinajstić information content (AvgIpc) is 2.79. The lowest BCUT2D eigenvalue weighted by Crippen LogP contribution is -1.86. The van der Waals surface area contributed by atoms with Gasteiger partial charge in [-0.2, -0.15) is 0 Å². The molecule has 0 aliphatic rings. The van der Waals surface area contributed by atoms with Gasteiger partial charge in [-0.3, -0.25) is 4.98 Å². The van der Waals surface area contributed by atoms with Crippen molar-refractivity contribution < 1.29 is 0 Å². The molecule has 0 N–H and O–H groups in total. The molecule has 0 aliphatic heterocycles. The zero-order valence-electron chi connectivity index (χ0n) is 9.52. The van der Waals surface area contributed by atoms with Crippen molar-refractivity contribution in [3.8, 4) is 10.7 Å². The van der Waals surface area contributed by atoms with Crippen LogP contribution in [0.4, 0.5) is 0 Å². The van der Waals surface area contributed by atoms with Crippen LogP contribution in [0.25, 0.3) is 10.7 Å². The first-order valence-corrected chi connectivity index (χ1v) is 6.64. The van der Waals surface area contributed by atoms with Crippen LogP contribution in [0, 0.1) is 0 Å². The summed E-state index contributed by atoms with van der Waals surface area (Å²) >= 11 is 1.69. The predicted molar refractivity (Wildman–Crippen MR) is 68.6 cm³/mol. The van der Waals surface area contributed by atoms with Crippen LogP contribution in [-0.2, 0) is 6.42 Å². The molecule has 2 heterocycles. The Kier molecular flexibility index (Phi) is 4.05. The van der Waals surface area contributed by atoms with E-state index in [4.69, 9.17) is 0 Å². The Morgan fingerprint density at radius 3 is 2.94 bits per heavy atom.